The number of anilines is 2. The topological polar surface area (TPSA) is 44.4 Å². The summed E-state index contributed by atoms with van der Waals surface area (Å²) < 4.78 is 0. The fraction of sp³-hybridized carbons (Fsp3) is 0.133. The number of nitrogens with one attached hydrogen (secondary N) is 2. The Morgan fingerprint density at radius 1 is 1.05 bits per heavy atom. The fourth-order valence-electron chi connectivity index (χ4n) is 1.75. The minimum atomic E-state index is -0.267. The summed E-state index contributed by atoms with van der Waals surface area (Å²) in [6.45, 7) is 1.99. The minimum Gasteiger partial charge on any atom is -0.307 e. The van der Waals surface area contributed by atoms with Gasteiger partial charge in [0.25, 0.3) is 0 Å². The van der Waals surface area contributed by atoms with Gasteiger partial charge in [0.15, 0.2) is 0 Å². The van der Waals surface area contributed by atoms with E-state index in [-0.39, 0.29) is 6.03 Å². The van der Waals surface area contributed by atoms with Crippen LogP contribution < -0.4 is 15.8 Å². The molecule has 2 aromatic carbocycles. The Balaban J connectivity index is 1.95. The minimum absolute atomic E-state index is 0.267. The van der Waals surface area contributed by atoms with Crippen molar-refractivity contribution in [1.82, 2.24) is 5.43 Å². The zero-order chi connectivity index (χ0) is 13.7. The number of benzene rings is 2. The predicted octanol–water partition coefficient (Wildman–Crippen LogP) is 3.17. The Morgan fingerprint density at radius 3 is 2.47 bits per heavy atom. The molecule has 0 radical (unpaired) electrons. The third-order valence-electron chi connectivity index (χ3n) is 2.69. The van der Waals surface area contributed by atoms with E-state index < -0.39 is 0 Å². The van der Waals surface area contributed by atoms with Crippen LogP contribution in [0.5, 0.6) is 0 Å². The number of para-hydroxylation sites is 1. The molecule has 0 bridgehead atoms. The first-order valence-electron chi connectivity index (χ1n) is 6.08. The van der Waals surface area contributed by atoms with Crippen LogP contribution >= 0.6 is 0 Å². The predicted molar refractivity (Wildman–Crippen MR) is 78.2 cm³/mol. The van der Waals surface area contributed by atoms with Crippen molar-refractivity contribution >= 4 is 17.4 Å². The number of urea groups is 1. The second-order valence-electron chi connectivity index (χ2n) is 4.33. The lowest BCUT2D eigenvalue weighted by molar-refractivity contribution is 0.252. The molecule has 2 N–H and O–H groups in total. The Labute approximate surface area is 113 Å². The van der Waals surface area contributed by atoms with Crippen molar-refractivity contribution in [2.45, 2.75) is 6.92 Å². The van der Waals surface area contributed by atoms with Crippen LogP contribution in [0.15, 0.2) is 54.6 Å². The summed E-state index contributed by atoms with van der Waals surface area (Å²) in [5.41, 5.74) is 5.55. The highest BCUT2D eigenvalue weighted by molar-refractivity contribution is 5.90. The summed E-state index contributed by atoms with van der Waals surface area (Å²) in [5.74, 6) is 0. The van der Waals surface area contributed by atoms with Crippen LogP contribution in [0.3, 0.4) is 0 Å². The van der Waals surface area contributed by atoms with Crippen LogP contribution in [0.25, 0.3) is 0 Å². The van der Waals surface area contributed by atoms with Crippen molar-refractivity contribution in [3.63, 3.8) is 0 Å². The molecule has 0 unspecified atom stereocenters. The first-order valence-corrected chi connectivity index (χ1v) is 6.08. The Kier molecular flexibility index (Phi) is 4.03. The smallest absolute Gasteiger partial charge is 0.307 e. The molecule has 98 valence electrons. The molecule has 0 saturated carbocycles. The van der Waals surface area contributed by atoms with Gasteiger partial charge in [0, 0.05) is 12.7 Å². The van der Waals surface area contributed by atoms with Gasteiger partial charge in [-0.1, -0.05) is 30.3 Å². The number of nitrogens with zero attached hydrogens (tertiary/aromatic N) is 1. The molecule has 2 amide bonds. The molecule has 0 saturated heterocycles. The first kappa shape index (κ1) is 13.0. The highest BCUT2D eigenvalue weighted by atomic mass is 16.2. The summed E-state index contributed by atoms with van der Waals surface area (Å²) >= 11 is 0. The molecule has 0 aromatic heterocycles. The maximum absolute atomic E-state index is 11.8. The van der Waals surface area contributed by atoms with Gasteiger partial charge in [0.1, 0.15) is 0 Å². The van der Waals surface area contributed by atoms with Crippen LogP contribution in [-0.4, -0.2) is 13.1 Å². The number of amides is 2. The van der Waals surface area contributed by atoms with E-state index in [1.54, 1.807) is 12.1 Å². The monoisotopic (exact) mass is 255 g/mol. The summed E-state index contributed by atoms with van der Waals surface area (Å²) in [6, 6.07) is 17.0. The van der Waals surface area contributed by atoms with Gasteiger partial charge in [0.2, 0.25) is 0 Å². The molecule has 2 aromatic rings. The Bertz CT molecular complexity index is 554. The van der Waals surface area contributed by atoms with Gasteiger partial charge >= 0.3 is 6.03 Å². The second kappa shape index (κ2) is 5.91. The zero-order valence-corrected chi connectivity index (χ0v) is 11.1. The maximum atomic E-state index is 11.8. The van der Waals surface area contributed by atoms with Gasteiger partial charge in [-0.25, -0.2) is 10.2 Å². The molecule has 2 rings (SSSR count). The van der Waals surface area contributed by atoms with E-state index in [1.165, 1.54) is 0 Å². The van der Waals surface area contributed by atoms with Crippen molar-refractivity contribution < 1.29 is 4.79 Å². The van der Waals surface area contributed by atoms with Gasteiger partial charge in [-0.2, -0.15) is 0 Å². The molecule has 0 aliphatic carbocycles. The van der Waals surface area contributed by atoms with Crippen LogP contribution in [-0.2, 0) is 0 Å². The molecule has 0 heterocycles. The molecule has 4 nitrogen and oxygen atoms in total. The van der Waals surface area contributed by atoms with E-state index in [4.69, 9.17) is 0 Å². The normalized spacial score (nSPS) is 9.79. The van der Waals surface area contributed by atoms with E-state index >= 15 is 0 Å². The molecule has 0 aliphatic rings. The largest absolute Gasteiger partial charge is 0.338 e. The van der Waals surface area contributed by atoms with E-state index in [1.807, 2.05) is 61.5 Å². The van der Waals surface area contributed by atoms with Crippen molar-refractivity contribution in [2.75, 3.05) is 17.4 Å². The number of hydrogen-bond donors (Lipinski definition) is 2. The lowest BCUT2D eigenvalue weighted by Gasteiger charge is -2.20. The van der Waals surface area contributed by atoms with Crippen molar-refractivity contribution in [2.24, 2.45) is 0 Å². The van der Waals surface area contributed by atoms with Gasteiger partial charge in [0.05, 0.1) is 5.69 Å². The average molecular weight is 255 g/mol. The highest BCUT2D eigenvalue weighted by Gasteiger charge is 2.05. The summed E-state index contributed by atoms with van der Waals surface area (Å²) in [5, 5.41) is 4.46. The number of carbonyl (C=O) groups is 1. The lowest BCUT2D eigenvalue weighted by Crippen LogP contribution is -2.42. The fourth-order valence-corrected chi connectivity index (χ4v) is 1.75. The molecular weight excluding hydrogens is 238 g/mol. The van der Waals surface area contributed by atoms with E-state index in [0.29, 0.717) is 0 Å². The first-order chi connectivity index (χ1) is 9.15. The lowest BCUT2D eigenvalue weighted by atomic mass is 10.2. The third-order valence-corrected chi connectivity index (χ3v) is 2.69. The number of rotatable bonds is 3. The Morgan fingerprint density at radius 2 is 1.79 bits per heavy atom. The summed E-state index contributed by atoms with van der Waals surface area (Å²) in [4.78, 5) is 11.8. The number of carbonyl (C=O) groups excluding carboxylic acids is 1. The van der Waals surface area contributed by atoms with Crippen molar-refractivity contribution in [1.29, 1.82) is 0 Å². The van der Waals surface area contributed by atoms with Gasteiger partial charge in [-0.15, -0.1) is 0 Å². The zero-order valence-electron chi connectivity index (χ0n) is 11.1. The molecule has 4 heteroatoms. The van der Waals surface area contributed by atoms with Crippen LogP contribution in [0.2, 0.25) is 0 Å². The molecule has 0 aliphatic heterocycles. The van der Waals surface area contributed by atoms with Crippen LogP contribution in [0.1, 0.15) is 5.56 Å². The van der Waals surface area contributed by atoms with Crippen molar-refractivity contribution in [3.8, 4) is 0 Å². The van der Waals surface area contributed by atoms with Gasteiger partial charge < -0.3 is 5.32 Å². The quantitative estimate of drug-likeness (QED) is 0.827. The van der Waals surface area contributed by atoms with Crippen LogP contribution in [0.4, 0.5) is 16.2 Å². The van der Waals surface area contributed by atoms with Gasteiger partial charge in [-0.3, -0.25) is 5.01 Å². The molecule has 0 spiro atoms. The molecule has 19 heavy (non-hydrogen) atoms. The van der Waals surface area contributed by atoms with Crippen LogP contribution in [0, 0.1) is 6.92 Å². The van der Waals surface area contributed by atoms with E-state index in [0.717, 1.165) is 16.9 Å². The van der Waals surface area contributed by atoms with E-state index in [9.17, 15) is 4.79 Å². The molecule has 0 fully saturated rings. The molecular formula is C15H17N3O. The maximum Gasteiger partial charge on any atom is 0.338 e. The number of hydrazine groups is 1. The Hall–Kier alpha value is -2.49. The molecule has 0 atom stereocenters. The summed E-state index contributed by atoms with van der Waals surface area (Å²) in [6.07, 6.45) is 0. The van der Waals surface area contributed by atoms with E-state index in [2.05, 4.69) is 10.7 Å². The number of hydrogen-bond acceptors (Lipinski definition) is 2. The second-order valence-corrected chi connectivity index (χ2v) is 4.33. The third kappa shape index (κ3) is 3.74. The average Bonchev–Trinajstić information content (AvgIpc) is 2.39. The number of aryl methyl sites for hydroxylation is 1. The SMILES string of the molecule is Cc1cccc(NC(=O)NN(C)c2ccccc2)c1. The summed E-state index contributed by atoms with van der Waals surface area (Å²) in [7, 11) is 1.80. The van der Waals surface area contributed by atoms with Crippen molar-refractivity contribution in [3.05, 3.63) is 60.2 Å². The standard InChI is InChI=1S/C15H17N3O/c1-12-7-6-8-13(11-12)16-15(19)17-18(2)14-9-4-3-5-10-14/h3-11H,1-2H3,(H2,16,17,19). The highest BCUT2D eigenvalue weighted by Crippen LogP contribution is 2.11. The van der Waals surface area contributed by atoms with Gasteiger partial charge in [-0.05, 0) is 36.8 Å².